The minimum absolute atomic E-state index is 0.357. The molecule has 3 N–H and O–H groups in total. The molecule has 0 aromatic heterocycles. The molecule has 0 spiro atoms. The quantitative estimate of drug-likeness (QED) is 0.658. The lowest BCUT2D eigenvalue weighted by Crippen LogP contribution is -2.35. The van der Waals surface area contributed by atoms with E-state index in [-0.39, 0.29) is 5.97 Å². The van der Waals surface area contributed by atoms with Crippen LogP contribution in [-0.4, -0.2) is 19.1 Å². The summed E-state index contributed by atoms with van der Waals surface area (Å²) in [6.45, 7) is 6.95. The minimum atomic E-state index is -0.360. The summed E-state index contributed by atoms with van der Waals surface area (Å²) in [6.07, 6.45) is 3.55. The van der Waals surface area contributed by atoms with Crippen molar-refractivity contribution in [3.05, 3.63) is 23.8 Å². The Hall–Kier alpha value is -1.71. The van der Waals surface area contributed by atoms with Gasteiger partial charge >= 0.3 is 5.97 Å². The molecular weight excluding hydrogens is 264 g/mol. The largest absolute Gasteiger partial charge is 0.465 e. The number of nitrogen functional groups attached to an aromatic ring is 1. The summed E-state index contributed by atoms with van der Waals surface area (Å²) in [4.78, 5) is 11.5. The minimum Gasteiger partial charge on any atom is -0.465 e. The molecular formula is C17H26N2O2. The Bertz CT molecular complexity index is 526. The summed E-state index contributed by atoms with van der Waals surface area (Å²) in [5.74, 6) is 0.350. The fourth-order valence-corrected chi connectivity index (χ4v) is 3.61. The number of methoxy groups -OCH3 is 1. The lowest BCUT2D eigenvalue weighted by molar-refractivity contribution is 0.0601. The van der Waals surface area contributed by atoms with Crippen LogP contribution in [0.1, 0.15) is 50.4 Å². The first-order valence-electron chi connectivity index (χ1n) is 7.55. The van der Waals surface area contributed by atoms with E-state index in [2.05, 4.69) is 26.1 Å². The predicted octanol–water partition coefficient (Wildman–Crippen LogP) is 3.68. The van der Waals surface area contributed by atoms with E-state index in [1.54, 1.807) is 12.1 Å². The van der Waals surface area contributed by atoms with E-state index in [0.717, 1.165) is 18.5 Å². The van der Waals surface area contributed by atoms with Crippen molar-refractivity contribution in [1.82, 2.24) is 0 Å². The number of nitrogens with two attached hydrogens (primary N) is 1. The highest BCUT2D eigenvalue weighted by molar-refractivity contribution is 5.91. The lowest BCUT2D eigenvalue weighted by atomic mass is 9.70. The number of carbonyl (C=O) groups is 1. The van der Waals surface area contributed by atoms with Gasteiger partial charge in [0.25, 0.3) is 0 Å². The molecule has 1 aromatic rings. The molecule has 0 radical (unpaired) electrons. The molecule has 116 valence electrons. The van der Waals surface area contributed by atoms with Gasteiger partial charge in [-0.2, -0.15) is 0 Å². The second-order valence-corrected chi connectivity index (χ2v) is 7.05. The molecule has 1 saturated carbocycles. The number of hydrogen-bond acceptors (Lipinski definition) is 4. The van der Waals surface area contributed by atoms with Crippen molar-refractivity contribution < 1.29 is 9.53 Å². The summed E-state index contributed by atoms with van der Waals surface area (Å²) >= 11 is 0. The Labute approximate surface area is 127 Å². The number of esters is 1. The third kappa shape index (κ3) is 3.90. The first kappa shape index (κ1) is 15.7. The van der Waals surface area contributed by atoms with Gasteiger partial charge in [0.1, 0.15) is 0 Å². The maximum absolute atomic E-state index is 11.5. The van der Waals surface area contributed by atoms with Crippen LogP contribution in [0.5, 0.6) is 0 Å². The van der Waals surface area contributed by atoms with Gasteiger partial charge in [-0.05, 0) is 48.8 Å². The standard InChI is InChI=1S/C17H26N2O2/c1-11-7-13(10-17(2,3)9-11)19-15-6-5-12(8-14(15)18)16(20)21-4/h5-6,8,11,13,19H,7,9-10,18H2,1-4H3/t11-,13-/m0/s1. The van der Waals surface area contributed by atoms with Crippen LogP contribution in [0.4, 0.5) is 11.4 Å². The Morgan fingerprint density at radius 3 is 2.67 bits per heavy atom. The average Bonchev–Trinajstić information content (AvgIpc) is 2.37. The van der Waals surface area contributed by atoms with Gasteiger partial charge in [0.2, 0.25) is 0 Å². The van der Waals surface area contributed by atoms with E-state index in [9.17, 15) is 4.79 Å². The summed E-state index contributed by atoms with van der Waals surface area (Å²) in [5, 5.41) is 3.54. The van der Waals surface area contributed by atoms with Crippen molar-refractivity contribution in [1.29, 1.82) is 0 Å². The Morgan fingerprint density at radius 1 is 1.38 bits per heavy atom. The van der Waals surface area contributed by atoms with Gasteiger partial charge in [0.15, 0.2) is 0 Å². The second kappa shape index (κ2) is 5.96. The third-order valence-electron chi connectivity index (χ3n) is 4.22. The topological polar surface area (TPSA) is 64.3 Å². The van der Waals surface area contributed by atoms with Crippen molar-refractivity contribution in [2.75, 3.05) is 18.2 Å². The lowest BCUT2D eigenvalue weighted by Gasteiger charge is -2.39. The van der Waals surface area contributed by atoms with Crippen molar-refractivity contribution in [2.24, 2.45) is 11.3 Å². The smallest absolute Gasteiger partial charge is 0.337 e. The summed E-state index contributed by atoms with van der Waals surface area (Å²) < 4.78 is 4.71. The van der Waals surface area contributed by atoms with Gasteiger partial charge in [-0.1, -0.05) is 20.8 Å². The van der Waals surface area contributed by atoms with Crippen LogP contribution in [0.3, 0.4) is 0 Å². The van der Waals surface area contributed by atoms with Gasteiger partial charge < -0.3 is 15.8 Å². The van der Waals surface area contributed by atoms with E-state index < -0.39 is 0 Å². The molecule has 1 aliphatic carbocycles. The third-order valence-corrected chi connectivity index (χ3v) is 4.22. The number of carbonyl (C=O) groups excluding carboxylic acids is 1. The van der Waals surface area contributed by atoms with Crippen molar-refractivity contribution >= 4 is 17.3 Å². The Morgan fingerprint density at radius 2 is 2.10 bits per heavy atom. The summed E-state index contributed by atoms with van der Waals surface area (Å²) in [5.41, 5.74) is 8.40. The van der Waals surface area contributed by atoms with Crippen molar-refractivity contribution in [3.63, 3.8) is 0 Å². The van der Waals surface area contributed by atoms with Crippen LogP contribution in [-0.2, 0) is 4.74 Å². The van der Waals surface area contributed by atoms with Gasteiger partial charge in [-0.3, -0.25) is 0 Å². The number of ether oxygens (including phenoxy) is 1. The Kier molecular flexibility index (Phi) is 4.45. The molecule has 0 amide bonds. The van der Waals surface area contributed by atoms with Gasteiger partial charge in [-0.25, -0.2) is 4.79 Å². The van der Waals surface area contributed by atoms with Crippen LogP contribution in [0.15, 0.2) is 18.2 Å². The maximum atomic E-state index is 11.5. The number of hydrogen-bond donors (Lipinski definition) is 2. The van der Waals surface area contributed by atoms with Gasteiger partial charge in [-0.15, -0.1) is 0 Å². The highest BCUT2D eigenvalue weighted by Crippen LogP contribution is 2.40. The second-order valence-electron chi connectivity index (χ2n) is 7.05. The molecule has 0 saturated heterocycles. The summed E-state index contributed by atoms with van der Waals surface area (Å²) in [7, 11) is 1.37. The SMILES string of the molecule is COC(=O)c1ccc(N[C@H]2C[C@H](C)CC(C)(C)C2)c(N)c1. The first-order chi connectivity index (χ1) is 9.80. The van der Waals surface area contributed by atoms with E-state index in [1.807, 2.05) is 6.07 Å². The zero-order chi connectivity index (χ0) is 15.6. The fraction of sp³-hybridized carbons (Fsp3) is 0.588. The molecule has 0 bridgehead atoms. The normalized spacial score (nSPS) is 24.4. The molecule has 0 heterocycles. The summed E-state index contributed by atoms with van der Waals surface area (Å²) in [6, 6.07) is 5.72. The molecule has 2 rings (SSSR count). The van der Waals surface area contributed by atoms with Crippen LogP contribution >= 0.6 is 0 Å². The Balaban J connectivity index is 2.11. The number of rotatable bonds is 3. The number of benzene rings is 1. The number of anilines is 2. The molecule has 1 aliphatic rings. The molecule has 4 nitrogen and oxygen atoms in total. The fourth-order valence-electron chi connectivity index (χ4n) is 3.61. The van der Waals surface area contributed by atoms with Crippen molar-refractivity contribution in [3.8, 4) is 0 Å². The molecule has 21 heavy (non-hydrogen) atoms. The van der Waals surface area contributed by atoms with Crippen LogP contribution in [0.25, 0.3) is 0 Å². The average molecular weight is 290 g/mol. The molecule has 0 aliphatic heterocycles. The van der Waals surface area contributed by atoms with E-state index in [0.29, 0.717) is 28.6 Å². The van der Waals surface area contributed by atoms with E-state index >= 15 is 0 Å². The first-order valence-corrected chi connectivity index (χ1v) is 7.55. The van der Waals surface area contributed by atoms with Crippen LogP contribution < -0.4 is 11.1 Å². The number of nitrogens with one attached hydrogen (secondary N) is 1. The molecule has 2 atom stereocenters. The predicted molar refractivity (Wildman–Crippen MR) is 86.4 cm³/mol. The molecule has 1 aromatic carbocycles. The zero-order valence-electron chi connectivity index (χ0n) is 13.4. The zero-order valence-corrected chi connectivity index (χ0v) is 13.4. The van der Waals surface area contributed by atoms with Crippen LogP contribution in [0.2, 0.25) is 0 Å². The van der Waals surface area contributed by atoms with E-state index in [1.165, 1.54) is 13.5 Å². The van der Waals surface area contributed by atoms with Crippen molar-refractivity contribution in [2.45, 2.75) is 46.1 Å². The highest BCUT2D eigenvalue weighted by Gasteiger charge is 2.32. The molecule has 1 fully saturated rings. The van der Waals surface area contributed by atoms with Gasteiger partial charge in [0, 0.05) is 6.04 Å². The van der Waals surface area contributed by atoms with E-state index in [4.69, 9.17) is 10.5 Å². The monoisotopic (exact) mass is 290 g/mol. The maximum Gasteiger partial charge on any atom is 0.337 e. The van der Waals surface area contributed by atoms with Gasteiger partial charge in [0.05, 0.1) is 24.0 Å². The highest BCUT2D eigenvalue weighted by atomic mass is 16.5. The molecule has 0 unspecified atom stereocenters. The van der Waals surface area contributed by atoms with Crippen LogP contribution in [0, 0.1) is 11.3 Å². The molecule has 4 heteroatoms.